The van der Waals surface area contributed by atoms with Crippen molar-refractivity contribution in [1.29, 1.82) is 0 Å². The maximum Gasteiger partial charge on any atom is 0.240 e. The zero-order valence-electron chi connectivity index (χ0n) is 13.0. The van der Waals surface area contributed by atoms with Crippen LogP contribution in [-0.4, -0.2) is 85.3 Å². The zero-order valence-corrected chi connectivity index (χ0v) is 13.8. The third kappa shape index (κ3) is 5.08. The molecular formula is C14H26ClN3O4. The highest BCUT2D eigenvalue weighted by atomic mass is 35.5. The highest BCUT2D eigenvalue weighted by Crippen LogP contribution is 2.13. The van der Waals surface area contributed by atoms with Gasteiger partial charge in [0.05, 0.1) is 25.2 Å². The normalized spacial score (nSPS) is 23.4. The van der Waals surface area contributed by atoms with Crippen LogP contribution in [0.5, 0.6) is 0 Å². The van der Waals surface area contributed by atoms with E-state index in [4.69, 9.17) is 4.74 Å². The Hall–Kier alpha value is -0.890. The monoisotopic (exact) mass is 335 g/mol. The van der Waals surface area contributed by atoms with Crippen LogP contribution in [0.1, 0.15) is 19.3 Å². The smallest absolute Gasteiger partial charge is 0.240 e. The van der Waals surface area contributed by atoms with E-state index in [-0.39, 0.29) is 36.7 Å². The third-order valence-corrected chi connectivity index (χ3v) is 4.14. The molecule has 2 aliphatic heterocycles. The molecule has 0 radical (unpaired) electrons. The van der Waals surface area contributed by atoms with Gasteiger partial charge in [-0.1, -0.05) is 0 Å². The van der Waals surface area contributed by atoms with Gasteiger partial charge >= 0.3 is 0 Å². The highest BCUT2D eigenvalue weighted by molar-refractivity contribution is 5.89. The van der Waals surface area contributed by atoms with Crippen LogP contribution in [0.15, 0.2) is 0 Å². The summed E-state index contributed by atoms with van der Waals surface area (Å²) in [6.07, 6.45) is 1.14. The fourth-order valence-corrected chi connectivity index (χ4v) is 2.79. The average Bonchev–Trinajstić information content (AvgIpc) is 2.49. The van der Waals surface area contributed by atoms with Crippen LogP contribution < -0.4 is 5.32 Å². The minimum absolute atomic E-state index is 0. The van der Waals surface area contributed by atoms with Gasteiger partial charge in [-0.15, -0.1) is 12.4 Å². The number of rotatable bonds is 5. The molecule has 0 aromatic heterocycles. The molecule has 2 amide bonds. The van der Waals surface area contributed by atoms with Gasteiger partial charge in [0, 0.05) is 39.8 Å². The van der Waals surface area contributed by atoms with Gasteiger partial charge in [-0.05, 0) is 12.8 Å². The first kappa shape index (κ1) is 19.2. The number of amides is 2. The molecule has 8 heteroatoms. The van der Waals surface area contributed by atoms with Crippen LogP contribution in [0.25, 0.3) is 0 Å². The zero-order chi connectivity index (χ0) is 15.2. The van der Waals surface area contributed by atoms with E-state index in [1.54, 1.807) is 16.9 Å². The molecule has 1 unspecified atom stereocenters. The van der Waals surface area contributed by atoms with Gasteiger partial charge in [0.1, 0.15) is 0 Å². The Morgan fingerprint density at radius 3 is 2.68 bits per heavy atom. The summed E-state index contributed by atoms with van der Waals surface area (Å²) in [6.45, 7) is 3.59. The number of hydrogen-bond donors (Lipinski definition) is 2. The van der Waals surface area contributed by atoms with Crippen molar-refractivity contribution in [1.82, 2.24) is 15.1 Å². The Labute approximate surface area is 137 Å². The summed E-state index contributed by atoms with van der Waals surface area (Å²) in [5, 5.41) is 12.6. The van der Waals surface area contributed by atoms with E-state index in [9.17, 15) is 14.7 Å². The number of hydrogen-bond acceptors (Lipinski definition) is 5. The molecule has 22 heavy (non-hydrogen) atoms. The van der Waals surface area contributed by atoms with E-state index in [1.807, 2.05) is 0 Å². The largest absolute Gasteiger partial charge is 0.393 e. The van der Waals surface area contributed by atoms with Crippen molar-refractivity contribution in [2.24, 2.45) is 0 Å². The molecule has 1 atom stereocenters. The first-order chi connectivity index (χ1) is 10.1. The van der Waals surface area contributed by atoms with Crippen molar-refractivity contribution in [3.8, 4) is 0 Å². The van der Waals surface area contributed by atoms with Gasteiger partial charge in [0.15, 0.2) is 0 Å². The van der Waals surface area contributed by atoms with Crippen molar-refractivity contribution in [2.75, 3.05) is 46.4 Å². The lowest BCUT2D eigenvalue weighted by Gasteiger charge is -2.35. The van der Waals surface area contributed by atoms with Gasteiger partial charge in [-0.2, -0.15) is 0 Å². The maximum absolute atomic E-state index is 12.3. The molecule has 2 fully saturated rings. The van der Waals surface area contributed by atoms with Crippen molar-refractivity contribution in [3.63, 3.8) is 0 Å². The second kappa shape index (κ2) is 9.29. The molecule has 0 aliphatic carbocycles. The topological polar surface area (TPSA) is 82.1 Å². The Balaban J connectivity index is 0.00000242. The minimum Gasteiger partial charge on any atom is -0.393 e. The Kier molecular flexibility index (Phi) is 8.09. The number of ether oxygens (including phenoxy) is 1. The van der Waals surface area contributed by atoms with E-state index < -0.39 is 6.04 Å². The van der Waals surface area contributed by atoms with E-state index in [0.717, 1.165) is 0 Å². The van der Waals surface area contributed by atoms with Gasteiger partial charge in [0.25, 0.3) is 0 Å². The Morgan fingerprint density at radius 2 is 2.05 bits per heavy atom. The van der Waals surface area contributed by atoms with Crippen LogP contribution in [0.2, 0.25) is 0 Å². The van der Waals surface area contributed by atoms with Crippen molar-refractivity contribution >= 4 is 24.2 Å². The molecule has 2 saturated heterocycles. The molecule has 2 heterocycles. The number of carbonyl (C=O) groups is 2. The number of piperazine rings is 1. The predicted molar refractivity (Wildman–Crippen MR) is 83.9 cm³/mol. The fraction of sp³-hybridized carbons (Fsp3) is 0.857. The van der Waals surface area contributed by atoms with Gasteiger partial charge in [-0.25, -0.2) is 0 Å². The summed E-state index contributed by atoms with van der Waals surface area (Å²) in [4.78, 5) is 28.0. The summed E-state index contributed by atoms with van der Waals surface area (Å²) in [7, 11) is 1.61. The first-order valence-corrected chi connectivity index (χ1v) is 7.58. The number of nitrogens with one attached hydrogen (secondary N) is 1. The number of aliphatic hydroxyl groups is 1. The van der Waals surface area contributed by atoms with Gasteiger partial charge in [-0.3, -0.25) is 9.59 Å². The molecule has 0 aromatic rings. The van der Waals surface area contributed by atoms with E-state index in [0.29, 0.717) is 52.2 Å². The second-order valence-corrected chi connectivity index (χ2v) is 5.64. The number of halogens is 1. The maximum atomic E-state index is 12.3. The summed E-state index contributed by atoms with van der Waals surface area (Å²) in [6, 6.07) is -0.435. The number of methoxy groups -OCH3 is 1. The van der Waals surface area contributed by atoms with Crippen molar-refractivity contribution < 1.29 is 19.4 Å². The molecule has 2 rings (SSSR count). The molecule has 2 N–H and O–H groups in total. The predicted octanol–water partition coefficient (Wildman–Crippen LogP) is -0.772. The number of nitrogens with zero attached hydrogens (tertiary/aromatic N) is 2. The van der Waals surface area contributed by atoms with Crippen LogP contribution in [0, 0.1) is 0 Å². The molecule has 0 bridgehead atoms. The molecule has 0 saturated carbocycles. The first-order valence-electron chi connectivity index (χ1n) is 7.58. The fourth-order valence-electron chi connectivity index (χ4n) is 2.79. The van der Waals surface area contributed by atoms with Crippen LogP contribution >= 0.6 is 12.4 Å². The minimum atomic E-state index is -0.435. The number of aliphatic hydroxyl groups excluding tert-OH is 1. The number of carbonyl (C=O) groups excluding carboxylic acids is 2. The molecular weight excluding hydrogens is 310 g/mol. The van der Waals surface area contributed by atoms with Crippen LogP contribution in [0.4, 0.5) is 0 Å². The molecule has 128 valence electrons. The van der Waals surface area contributed by atoms with E-state index in [2.05, 4.69) is 5.32 Å². The highest BCUT2D eigenvalue weighted by Gasteiger charge is 2.32. The summed E-state index contributed by atoms with van der Waals surface area (Å²) >= 11 is 0. The standard InChI is InChI=1S/C14H25N3O4.ClH/c1-21-9-8-17-7-4-15-12(14(17)20)10-13(19)16-5-2-11(18)3-6-16;/h11-12,15,18H,2-10H2,1H3;1H. The quantitative estimate of drug-likeness (QED) is 0.689. The van der Waals surface area contributed by atoms with Crippen LogP contribution in [-0.2, 0) is 14.3 Å². The SMILES string of the molecule is COCCN1CCNC(CC(=O)N2CCC(O)CC2)C1=O.Cl. The number of piperidine rings is 1. The summed E-state index contributed by atoms with van der Waals surface area (Å²) in [5.41, 5.74) is 0. The number of likely N-dealkylation sites (tertiary alicyclic amines) is 1. The molecule has 2 aliphatic rings. The van der Waals surface area contributed by atoms with Crippen LogP contribution in [0.3, 0.4) is 0 Å². The van der Waals surface area contributed by atoms with E-state index >= 15 is 0 Å². The summed E-state index contributed by atoms with van der Waals surface area (Å²) < 4.78 is 5.00. The molecule has 7 nitrogen and oxygen atoms in total. The van der Waals surface area contributed by atoms with Crippen molar-refractivity contribution in [2.45, 2.75) is 31.4 Å². The average molecular weight is 336 g/mol. The second-order valence-electron chi connectivity index (χ2n) is 5.64. The Morgan fingerprint density at radius 1 is 1.36 bits per heavy atom. The third-order valence-electron chi connectivity index (χ3n) is 4.14. The van der Waals surface area contributed by atoms with Gasteiger partial charge < -0.3 is 25.0 Å². The molecule has 0 spiro atoms. The lowest BCUT2D eigenvalue weighted by atomic mass is 10.1. The lowest BCUT2D eigenvalue weighted by molar-refractivity contribution is -0.142. The van der Waals surface area contributed by atoms with E-state index in [1.165, 1.54) is 0 Å². The molecule has 0 aromatic carbocycles. The van der Waals surface area contributed by atoms with Crippen molar-refractivity contribution in [3.05, 3.63) is 0 Å². The van der Waals surface area contributed by atoms with Gasteiger partial charge in [0.2, 0.25) is 11.8 Å². The summed E-state index contributed by atoms with van der Waals surface area (Å²) in [5.74, 6) is -0.0370. The Bertz CT molecular complexity index is 375. The lowest BCUT2D eigenvalue weighted by Crippen LogP contribution is -2.57.